The van der Waals surface area contributed by atoms with E-state index in [-0.39, 0.29) is 0 Å². The first kappa shape index (κ1) is 19.4. The van der Waals surface area contributed by atoms with E-state index in [1.54, 1.807) is 35.6 Å². The minimum atomic E-state index is -3.29. The summed E-state index contributed by atoms with van der Waals surface area (Å²) in [5.74, 6) is -0.449. The highest BCUT2D eigenvalue weighted by Gasteiger charge is 2.48. The number of nitrogens with one attached hydrogen (secondary N) is 2. The van der Waals surface area contributed by atoms with Crippen LogP contribution in [-0.2, 0) is 4.79 Å². The Kier molecular flexibility index (Phi) is 4.81. The summed E-state index contributed by atoms with van der Waals surface area (Å²) in [4.78, 5) is 30.0. The highest BCUT2D eigenvalue weighted by molar-refractivity contribution is 6.31. The topological polar surface area (TPSA) is 86.8 Å². The fourth-order valence-corrected chi connectivity index (χ4v) is 3.47. The van der Waals surface area contributed by atoms with Crippen molar-refractivity contribution in [3.8, 4) is 11.3 Å². The predicted molar refractivity (Wildman–Crippen MR) is 102 cm³/mol. The summed E-state index contributed by atoms with van der Waals surface area (Å²) in [5, 5.41) is 2.94. The summed E-state index contributed by atoms with van der Waals surface area (Å²) in [5.41, 5.74) is 0.671. The highest BCUT2D eigenvalue weighted by atomic mass is 35.5. The molecule has 0 aliphatic carbocycles. The molecule has 3 aromatic rings. The number of hydrogen-bond acceptors (Lipinski definition) is 5. The van der Waals surface area contributed by atoms with Crippen molar-refractivity contribution in [2.75, 3.05) is 11.4 Å². The zero-order valence-corrected chi connectivity index (χ0v) is 15.9. The number of halogens is 4. The Labute approximate surface area is 168 Å². The summed E-state index contributed by atoms with van der Waals surface area (Å²) in [6, 6.07) is 1.75. The Balaban J connectivity index is 1.63. The van der Waals surface area contributed by atoms with Gasteiger partial charge in [0.1, 0.15) is 17.0 Å². The van der Waals surface area contributed by atoms with Crippen LogP contribution in [0.25, 0.3) is 22.3 Å². The van der Waals surface area contributed by atoms with Gasteiger partial charge in [-0.25, -0.2) is 23.1 Å². The molecular weight excluding hydrogens is 409 g/mol. The SMILES string of the molecule is CC1(C(=O)NC(F)C(F)F)CCN1c1cncc(-c2c[nH]c3ncc(Cl)cc23)n1. The van der Waals surface area contributed by atoms with Gasteiger partial charge in [0.25, 0.3) is 6.43 Å². The molecule has 4 rings (SSSR count). The minimum Gasteiger partial charge on any atom is -0.345 e. The Bertz CT molecular complexity index is 1080. The van der Waals surface area contributed by atoms with E-state index in [1.807, 2.05) is 0 Å². The van der Waals surface area contributed by atoms with Crippen molar-refractivity contribution in [1.82, 2.24) is 25.3 Å². The van der Waals surface area contributed by atoms with Gasteiger partial charge >= 0.3 is 0 Å². The highest BCUT2D eigenvalue weighted by Crippen LogP contribution is 2.36. The van der Waals surface area contributed by atoms with E-state index in [1.165, 1.54) is 12.4 Å². The third-order valence-electron chi connectivity index (χ3n) is 5.07. The van der Waals surface area contributed by atoms with E-state index in [2.05, 4.69) is 19.9 Å². The van der Waals surface area contributed by atoms with E-state index < -0.39 is 24.2 Å². The number of amides is 1. The average molecular weight is 425 g/mol. The molecular formula is C18H16ClF3N6O. The molecule has 3 aromatic heterocycles. The number of nitrogens with zero attached hydrogens (tertiary/aromatic N) is 4. The lowest BCUT2D eigenvalue weighted by Crippen LogP contribution is -2.67. The van der Waals surface area contributed by atoms with Gasteiger partial charge in [-0.05, 0) is 19.4 Å². The van der Waals surface area contributed by atoms with Crippen molar-refractivity contribution in [2.24, 2.45) is 0 Å². The molecule has 11 heteroatoms. The van der Waals surface area contributed by atoms with Crippen molar-refractivity contribution >= 4 is 34.4 Å². The van der Waals surface area contributed by atoms with Gasteiger partial charge in [-0.15, -0.1) is 0 Å². The fourth-order valence-electron chi connectivity index (χ4n) is 3.31. The smallest absolute Gasteiger partial charge is 0.287 e. The van der Waals surface area contributed by atoms with Gasteiger partial charge in [-0.3, -0.25) is 9.78 Å². The Morgan fingerprint density at radius 2 is 2.14 bits per heavy atom. The lowest BCUT2D eigenvalue weighted by Gasteiger charge is -2.49. The first-order valence-electron chi connectivity index (χ1n) is 8.75. The Morgan fingerprint density at radius 3 is 2.83 bits per heavy atom. The molecule has 2 N–H and O–H groups in total. The first-order valence-corrected chi connectivity index (χ1v) is 9.13. The number of H-pyrrole nitrogens is 1. The van der Waals surface area contributed by atoms with Crippen LogP contribution in [-0.4, -0.2) is 50.6 Å². The molecule has 0 saturated carbocycles. The number of carbonyl (C=O) groups is 1. The Hall–Kier alpha value is -2.88. The lowest BCUT2D eigenvalue weighted by molar-refractivity contribution is -0.132. The molecule has 2 unspecified atom stereocenters. The number of fused-ring (bicyclic) bond motifs is 1. The maximum absolute atomic E-state index is 13.3. The number of carbonyl (C=O) groups excluding carboxylic acids is 1. The van der Waals surface area contributed by atoms with Crippen molar-refractivity contribution in [1.29, 1.82) is 0 Å². The van der Waals surface area contributed by atoms with Gasteiger partial charge in [0, 0.05) is 29.9 Å². The maximum Gasteiger partial charge on any atom is 0.287 e. The van der Waals surface area contributed by atoms with E-state index in [4.69, 9.17) is 11.6 Å². The monoisotopic (exact) mass is 424 g/mol. The van der Waals surface area contributed by atoms with Crippen molar-refractivity contribution < 1.29 is 18.0 Å². The van der Waals surface area contributed by atoms with Crippen LogP contribution < -0.4 is 10.2 Å². The molecule has 7 nitrogen and oxygen atoms in total. The van der Waals surface area contributed by atoms with Crippen LogP contribution in [0.1, 0.15) is 13.3 Å². The molecule has 152 valence electrons. The van der Waals surface area contributed by atoms with Crippen molar-refractivity contribution in [3.05, 3.63) is 35.9 Å². The summed E-state index contributed by atoms with van der Waals surface area (Å²) in [6.07, 6.45) is 0.623. The van der Waals surface area contributed by atoms with E-state index in [9.17, 15) is 18.0 Å². The third kappa shape index (κ3) is 3.37. The zero-order valence-electron chi connectivity index (χ0n) is 15.2. The number of aromatic nitrogens is 4. The quantitative estimate of drug-likeness (QED) is 0.613. The molecule has 0 aromatic carbocycles. The van der Waals surface area contributed by atoms with E-state index in [0.717, 1.165) is 10.9 Å². The standard InChI is InChI=1S/C18H16ClF3N6O/c1-18(17(29)27-15(22)14(20)21)2-3-28(18)13-8-23-7-12(26-13)11-6-25-16-10(11)4-9(19)5-24-16/h4-8,14-15H,2-3H2,1H3,(H,24,25)(H,27,29). The van der Waals surface area contributed by atoms with Gasteiger partial charge in [0.15, 0.2) is 0 Å². The lowest BCUT2D eigenvalue weighted by atomic mass is 9.85. The van der Waals surface area contributed by atoms with Crippen molar-refractivity contribution in [3.63, 3.8) is 0 Å². The molecule has 1 saturated heterocycles. The number of hydrogen-bond donors (Lipinski definition) is 2. The maximum atomic E-state index is 13.3. The summed E-state index contributed by atoms with van der Waals surface area (Å²) < 4.78 is 38.2. The number of aromatic amines is 1. The molecule has 1 fully saturated rings. The number of anilines is 1. The van der Waals surface area contributed by atoms with Crippen LogP contribution in [0, 0.1) is 0 Å². The molecule has 1 aliphatic heterocycles. The normalized spacial score (nSPS) is 20.0. The molecule has 0 radical (unpaired) electrons. The second kappa shape index (κ2) is 7.18. The van der Waals surface area contributed by atoms with E-state index >= 15 is 0 Å². The van der Waals surface area contributed by atoms with E-state index in [0.29, 0.717) is 35.1 Å². The molecule has 1 aliphatic rings. The fraction of sp³-hybridized carbons (Fsp3) is 0.333. The average Bonchev–Trinajstić information content (AvgIpc) is 3.09. The molecule has 0 spiro atoms. The van der Waals surface area contributed by atoms with Crippen LogP contribution in [0.3, 0.4) is 0 Å². The largest absolute Gasteiger partial charge is 0.345 e. The van der Waals surface area contributed by atoms with Crippen LogP contribution >= 0.6 is 11.6 Å². The van der Waals surface area contributed by atoms with Gasteiger partial charge in [0.2, 0.25) is 12.2 Å². The number of rotatable bonds is 5. The molecule has 2 atom stereocenters. The van der Waals surface area contributed by atoms with Gasteiger partial charge in [-0.2, -0.15) is 0 Å². The van der Waals surface area contributed by atoms with Gasteiger partial charge in [0.05, 0.1) is 23.1 Å². The Morgan fingerprint density at radius 1 is 1.34 bits per heavy atom. The summed E-state index contributed by atoms with van der Waals surface area (Å²) >= 11 is 6.04. The van der Waals surface area contributed by atoms with Gasteiger partial charge < -0.3 is 15.2 Å². The third-order valence-corrected chi connectivity index (χ3v) is 5.28. The van der Waals surface area contributed by atoms with Crippen LogP contribution in [0.5, 0.6) is 0 Å². The minimum absolute atomic E-state index is 0.368. The summed E-state index contributed by atoms with van der Waals surface area (Å²) in [6.45, 7) is 2.00. The molecule has 4 heterocycles. The second-order valence-electron chi connectivity index (χ2n) is 6.90. The predicted octanol–water partition coefficient (Wildman–Crippen LogP) is 3.32. The van der Waals surface area contributed by atoms with Crippen LogP contribution in [0.15, 0.2) is 30.9 Å². The van der Waals surface area contributed by atoms with Gasteiger partial charge in [-0.1, -0.05) is 11.6 Å². The number of pyridine rings is 1. The van der Waals surface area contributed by atoms with Crippen LogP contribution in [0.4, 0.5) is 19.0 Å². The van der Waals surface area contributed by atoms with Crippen molar-refractivity contribution in [2.45, 2.75) is 31.6 Å². The van der Waals surface area contributed by atoms with Crippen LogP contribution in [0.2, 0.25) is 5.02 Å². The molecule has 29 heavy (non-hydrogen) atoms. The zero-order chi connectivity index (χ0) is 20.8. The molecule has 0 bridgehead atoms. The summed E-state index contributed by atoms with van der Waals surface area (Å²) in [7, 11) is 0. The number of alkyl halides is 3. The first-order chi connectivity index (χ1) is 13.8. The molecule has 1 amide bonds. The second-order valence-corrected chi connectivity index (χ2v) is 7.34.